The molecule has 1 heterocycles. The molecule has 0 aliphatic rings. The molecule has 2 aromatic carbocycles. The molecule has 0 amide bonds. The van der Waals surface area contributed by atoms with E-state index in [1.165, 1.54) is 18.9 Å². The van der Waals surface area contributed by atoms with Crippen molar-refractivity contribution in [2.45, 2.75) is 24.3 Å². The van der Waals surface area contributed by atoms with Crippen LogP contribution in [-0.2, 0) is 0 Å². The quantitative estimate of drug-likeness (QED) is 0.254. The molecule has 0 saturated heterocycles. The van der Waals surface area contributed by atoms with Gasteiger partial charge in [0.15, 0.2) is 16.7 Å². The highest BCUT2D eigenvalue weighted by molar-refractivity contribution is 9.10. The minimum Gasteiger partial charge on any atom is -0.493 e. The Hall–Kier alpha value is -2.59. The number of aryl methyl sites for hydroxylation is 2. The average molecular weight is 493 g/mol. The first-order valence-corrected chi connectivity index (χ1v) is 10.7. The SMILES string of the molecule is COc1cc(Br)c([C@H](C[N+](=O)[O-])Sc2nnc(C)n2-c2ccc(C)cc2)cc1OC. The fourth-order valence-corrected chi connectivity index (χ4v) is 4.94. The monoisotopic (exact) mass is 492 g/mol. The Labute approximate surface area is 186 Å². The first-order valence-electron chi connectivity index (χ1n) is 9.03. The molecule has 8 nitrogen and oxygen atoms in total. The molecule has 0 N–H and O–H groups in total. The maximum Gasteiger partial charge on any atom is 0.220 e. The van der Waals surface area contributed by atoms with E-state index in [2.05, 4.69) is 26.1 Å². The summed E-state index contributed by atoms with van der Waals surface area (Å²) < 4.78 is 13.3. The fraction of sp³-hybridized carbons (Fsp3) is 0.300. The van der Waals surface area contributed by atoms with Crippen molar-refractivity contribution in [1.29, 1.82) is 0 Å². The Bertz CT molecular complexity index is 1060. The van der Waals surface area contributed by atoms with Crippen molar-refractivity contribution in [3.8, 4) is 17.2 Å². The number of ether oxygens (including phenoxy) is 2. The highest BCUT2D eigenvalue weighted by Gasteiger charge is 2.27. The zero-order valence-electron chi connectivity index (χ0n) is 17.0. The van der Waals surface area contributed by atoms with Gasteiger partial charge in [0.2, 0.25) is 6.54 Å². The van der Waals surface area contributed by atoms with Crippen LogP contribution in [-0.4, -0.2) is 40.5 Å². The van der Waals surface area contributed by atoms with E-state index >= 15 is 0 Å². The van der Waals surface area contributed by atoms with Gasteiger partial charge < -0.3 is 9.47 Å². The second-order valence-electron chi connectivity index (χ2n) is 6.55. The van der Waals surface area contributed by atoms with Gasteiger partial charge in [0.25, 0.3) is 0 Å². The Morgan fingerprint density at radius 3 is 2.37 bits per heavy atom. The van der Waals surface area contributed by atoms with Gasteiger partial charge in [-0.3, -0.25) is 14.7 Å². The molecule has 1 aromatic heterocycles. The van der Waals surface area contributed by atoms with Crippen LogP contribution in [0.3, 0.4) is 0 Å². The van der Waals surface area contributed by atoms with Crippen LogP contribution >= 0.6 is 27.7 Å². The number of rotatable bonds is 8. The van der Waals surface area contributed by atoms with Crippen LogP contribution in [0.1, 0.15) is 22.2 Å². The lowest BCUT2D eigenvalue weighted by Gasteiger charge is -2.18. The first-order chi connectivity index (χ1) is 14.3. The largest absolute Gasteiger partial charge is 0.493 e. The summed E-state index contributed by atoms with van der Waals surface area (Å²) in [4.78, 5) is 11.1. The maximum atomic E-state index is 11.4. The van der Waals surface area contributed by atoms with Gasteiger partial charge in [0.05, 0.1) is 14.2 Å². The molecule has 0 radical (unpaired) electrons. The fourth-order valence-electron chi connectivity index (χ4n) is 2.99. The number of methoxy groups -OCH3 is 2. The normalized spacial score (nSPS) is 11.9. The molecule has 0 aliphatic carbocycles. The van der Waals surface area contributed by atoms with E-state index in [9.17, 15) is 10.1 Å². The summed E-state index contributed by atoms with van der Waals surface area (Å²) in [5.74, 6) is 1.74. The van der Waals surface area contributed by atoms with Gasteiger partial charge in [-0.2, -0.15) is 0 Å². The summed E-state index contributed by atoms with van der Waals surface area (Å²) in [5, 5.41) is 20.0. The van der Waals surface area contributed by atoms with Crippen LogP contribution in [0.4, 0.5) is 0 Å². The number of nitrogens with zero attached hydrogens (tertiary/aromatic N) is 4. The zero-order chi connectivity index (χ0) is 21.8. The number of hydrogen-bond acceptors (Lipinski definition) is 7. The first kappa shape index (κ1) is 22.1. The molecule has 1 atom stereocenters. The van der Waals surface area contributed by atoms with Gasteiger partial charge in [-0.25, -0.2) is 0 Å². The molecule has 30 heavy (non-hydrogen) atoms. The third-order valence-electron chi connectivity index (χ3n) is 4.50. The maximum absolute atomic E-state index is 11.4. The molecule has 0 fully saturated rings. The average Bonchev–Trinajstić information content (AvgIpc) is 3.07. The van der Waals surface area contributed by atoms with Gasteiger partial charge in [-0.05, 0) is 43.7 Å². The second kappa shape index (κ2) is 9.48. The third kappa shape index (κ3) is 4.76. The molecule has 0 unspecified atom stereocenters. The number of thioether (sulfide) groups is 1. The predicted molar refractivity (Wildman–Crippen MR) is 119 cm³/mol. The standard InChI is InChI=1S/C20H21BrN4O4S/c1-12-5-7-14(8-6-12)25-13(2)22-23-20(25)30-19(11-24(26)27)15-9-17(28-3)18(29-4)10-16(15)21/h5-10,19H,11H2,1-4H3/t19-/m0/s1. The van der Waals surface area contributed by atoms with E-state index in [1.54, 1.807) is 19.2 Å². The highest BCUT2D eigenvalue weighted by Crippen LogP contribution is 2.43. The number of benzene rings is 2. The summed E-state index contributed by atoms with van der Waals surface area (Å²) in [6.45, 7) is 3.57. The van der Waals surface area contributed by atoms with E-state index in [-0.39, 0.29) is 11.5 Å². The number of nitro groups is 1. The molecular formula is C20H21BrN4O4S. The lowest BCUT2D eigenvalue weighted by molar-refractivity contribution is -0.479. The van der Waals surface area contributed by atoms with Crippen LogP contribution in [0.25, 0.3) is 5.69 Å². The summed E-state index contributed by atoms with van der Waals surface area (Å²) in [6.07, 6.45) is 0. The molecule has 0 aliphatic heterocycles. The van der Waals surface area contributed by atoms with Crippen molar-refractivity contribution < 1.29 is 14.4 Å². The third-order valence-corrected chi connectivity index (χ3v) is 6.35. The molecule has 158 valence electrons. The van der Waals surface area contributed by atoms with Gasteiger partial charge in [-0.15, -0.1) is 10.2 Å². The Morgan fingerprint density at radius 1 is 1.13 bits per heavy atom. The molecule has 0 spiro atoms. The van der Waals surface area contributed by atoms with Crippen molar-refractivity contribution in [2.75, 3.05) is 20.8 Å². The smallest absolute Gasteiger partial charge is 0.220 e. The van der Waals surface area contributed by atoms with Crippen LogP contribution < -0.4 is 9.47 Å². The molecule has 10 heteroatoms. The van der Waals surface area contributed by atoms with Crippen molar-refractivity contribution in [3.05, 3.63) is 67.9 Å². The van der Waals surface area contributed by atoms with E-state index in [0.29, 0.717) is 32.5 Å². The van der Waals surface area contributed by atoms with Gasteiger partial charge in [-0.1, -0.05) is 45.4 Å². The molecule has 3 aromatic rings. The van der Waals surface area contributed by atoms with Gasteiger partial charge in [0.1, 0.15) is 11.1 Å². The lowest BCUT2D eigenvalue weighted by Crippen LogP contribution is -2.12. The summed E-state index contributed by atoms with van der Waals surface area (Å²) in [7, 11) is 3.07. The zero-order valence-corrected chi connectivity index (χ0v) is 19.4. The summed E-state index contributed by atoms with van der Waals surface area (Å²) >= 11 is 4.80. The van der Waals surface area contributed by atoms with E-state index in [1.807, 2.05) is 42.7 Å². The Balaban J connectivity index is 2.04. The van der Waals surface area contributed by atoms with Crippen LogP contribution in [0, 0.1) is 24.0 Å². The Morgan fingerprint density at radius 2 is 1.77 bits per heavy atom. The van der Waals surface area contributed by atoms with Crippen molar-refractivity contribution >= 4 is 27.7 Å². The van der Waals surface area contributed by atoms with Crippen molar-refractivity contribution in [2.24, 2.45) is 0 Å². The molecule has 0 saturated carbocycles. The van der Waals surface area contributed by atoms with E-state index in [0.717, 1.165) is 11.3 Å². The van der Waals surface area contributed by atoms with E-state index < -0.39 is 5.25 Å². The van der Waals surface area contributed by atoms with Crippen molar-refractivity contribution in [3.63, 3.8) is 0 Å². The summed E-state index contributed by atoms with van der Waals surface area (Å²) in [6, 6.07) is 11.5. The highest BCUT2D eigenvalue weighted by atomic mass is 79.9. The predicted octanol–water partition coefficient (Wildman–Crippen LogP) is 4.77. The van der Waals surface area contributed by atoms with Crippen molar-refractivity contribution in [1.82, 2.24) is 14.8 Å². The number of halogens is 1. The molecule has 0 bridgehead atoms. The second-order valence-corrected chi connectivity index (χ2v) is 8.58. The number of aromatic nitrogens is 3. The van der Waals surface area contributed by atoms with Crippen LogP contribution in [0.2, 0.25) is 0 Å². The van der Waals surface area contributed by atoms with E-state index in [4.69, 9.17) is 9.47 Å². The van der Waals surface area contributed by atoms with Gasteiger partial charge in [0, 0.05) is 15.1 Å². The van der Waals surface area contributed by atoms with Crippen LogP contribution in [0.15, 0.2) is 46.0 Å². The molecule has 3 rings (SSSR count). The lowest BCUT2D eigenvalue weighted by atomic mass is 10.1. The summed E-state index contributed by atoms with van der Waals surface area (Å²) in [5.41, 5.74) is 2.75. The minimum atomic E-state index is -0.526. The van der Waals surface area contributed by atoms with Crippen LogP contribution in [0.5, 0.6) is 11.5 Å². The number of hydrogen-bond donors (Lipinski definition) is 0. The van der Waals surface area contributed by atoms with Gasteiger partial charge >= 0.3 is 0 Å². The Kier molecular flexibility index (Phi) is 6.99. The topological polar surface area (TPSA) is 92.3 Å². The minimum absolute atomic E-state index is 0.293. The molecular weight excluding hydrogens is 472 g/mol.